The number of nitrogens with zero attached hydrogens (tertiary/aromatic N) is 1. The molecule has 4 nitrogen and oxygen atoms in total. The molecule has 4 heteroatoms. The Bertz CT molecular complexity index is 352. The summed E-state index contributed by atoms with van der Waals surface area (Å²) in [5.74, 6) is 0.158. The van der Waals surface area contributed by atoms with E-state index in [0.29, 0.717) is 25.3 Å². The number of ether oxygens (including phenoxy) is 1. The van der Waals surface area contributed by atoms with Crippen molar-refractivity contribution in [3.05, 3.63) is 24.3 Å². The molecular formula is C12H17NO3. The standard InChI is InChI=1S/C12H17NO3/c1-3-13(12(15)7-8-16-2)10-5-4-6-11(14)9-10/h4-6,9,14H,3,7-8H2,1-2H3. The first-order valence-electron chi connectivity index (χ1n) is 5.27. The van der Waals surface area contributed by atoms with Gasteiger partial charge in [-0.1, -0.05) is 6.07 Å². The van der Waals surface area contributed by atoms with Gasteiger partial charge in [-0.15, -0.1) is 0 Å². The first kappa shape index (κ1) is 12.5. The second kappa shape index (κ2) is 6.12. The van der Waals surface area contributed by atoms with E-state index in [9.17, 15) is 9.90 Å². The summed E-state index contributed by atoms with van der Waals surface area (Å²) >= 11 is 0. The van der Waals surface area contributed by atoms with E-state index in [1.807, 2.05) is 6.92 Å². The molecule has 88 valence electrons. The van der Waals surface area contributed by atoms with Crippen LogP contribution in [0.5, 0.6) is 5.75 Å². The Morgan fingerprint density at radius 3 is 2.81 bits per heavy atom. The van der Waals surface area contributed by atoms with Gasteiger partial charge in [-0.3, -0.25) is 4.79 Å². The Labute approximate surface area is 95.5 Å². The summed E-state index contributed by atoms with van der Waals surface area (Å²) in [6, 6.07) is 6.68. The van der Waals surface area contributed by atoms with E-state index >= 15 is 0 Å². The highest BCUT2D eigenvalue weighted by atomic mass is 16.5. The fraction of sp³-hybridized carbons (Fsp3) is 0.417. The molecule has 0 spiro atoms. The summed E-state index contributed by atoms with van der Waals surface area (Å²) in [4.78, 5) is 13.4. The van der Waals surface area contributed by atoms with Crippen molar-refractivity contribution in [2.75, 3.05) is 25.2 Å². The van der Waals surface area contributed by atoms with Gasteiger partial charge in [0.15, 0.2) is 0 Å². The lowest BCUT2D eigenvalue weighted by Crippen LogP contribution is -2.31. The Morgan fingerprint density at radius 1 is 1.50 bits per heavy atom. The van der Waals surface area contributed by atoms with E-state index in [1.165, 1.54) is 0 Å². The molecule has 1 amide bonds. The highest BCUT2D eigenvalue weighted by Gasteiger charge is 2.13. The minimum atomic E-state index is -0.00468. The maximum atomic E-state index is 11.8. The fourth-order valence-electron chi connectivity index (χ4n) is 1.49. The first-order valence-corrected chi connectivity index (χ1v) is 5.27. The summed E-state index contributed by atoms with van der Waals surface area (Å²) in [7, 11) is 1.57. The molecule has 0 unspecified atom stereocenters. The average Bonchev–Trinajstić information content (AvgIpc) is 2.27. The van der Waals surface area contributed by atoms with Crippen LogP contribution in [0, 0.1) is 0 Å². The van der Waals surface area contributed by atoms with E-state index in [4.69, 9.17) is 4.74 Å². The molecule has 16 heavy (non-hydrogen) atoms. The van der Waals surface area contributed by atoms with Crippen LogP contribution >= 0.6 is 0 Å². The summed E-state index contributed by atoms with van der Waals surface area (Å²) in [5.41, 5.74) is 0.712. The SMILES string of the molecule is CCN(C(=O)CCOC)c1cccc(O)c1. The zero-order valence-corrected chi connectivity index (χ0v) is 9.64. The molecule has 0 bridgehead atoms. The second-order valence-electron chi connectivity index (χ2n) is 3.40. The number of benzene rings is 1. The number of methoxy groups -OCH3 is 1. The second-order valence-corrected chi connectivity index (χ2v) is 3.40. The number of hydrogen-bond donors (Lipinski definition) is 1. The molecule has 0 aliphatic heterocycles. The molecule has 0 radical (unpaired) electrons. The van der Waals surface area contributed by atoms with Gasteiger partial charge in [0.25, 0.3) is 0 Å². The van der Waals surface area contributed by atoms with Crippen molar-refractivity contribution in [3.63, 3.8) is 0 Å². The summed E-state index contributed by atoms with van der Waals surface area (Å²) < 4.78 is 4.87. The van der Waals surface area contributed by atoms with Gasteiger partial charge in [-0.2, -0.15) is 0 Å². The Balaban J connectivity index is 2.77. The summed E-state index contributed by atoms with van der Waals surface area (Å²) in [6.07, 6.45) is 0.347. The maximum Gasteiger partial charge on any atom is 0.229 e. The quantitative estimate of drug-likeness (QED) is 0.827. The monoisotopic (exact) mass is 223 g/mol. The number of rotatable bonds is 5. The molecule has 0 heterocycles. The molecule has 1 rings (SSSR count). The molecule has 0 atom stereocenters. The molecule has 0 saturated heterocycles. The normalized spacial score (nSPS) is 10.1. The molecule has 1 aromatic carbocycles. The van der Waals surface area contributed by atoms with Gasteiger partial charge in [0.05, 0.1) is 13.0 Å². The van der Waals surface area contributed by atoms with Crippen LogP contribution in [0.3, 0.4) is 0 Å². The van der Waals surface area contributed by atoms with E-state index in [0.717, 1.165) is 0 Å². The predicted molar refractivity (Wildman–Crippen MR) is 62.6 cm³/mol. The minimum absolute atomic E-state index is 0.00468. The number of amides is 1. The number of phenolic OH excluding ortho intramolecular Hbond substituents is 1. The lowest BCUT2D eigenvalue weighted by molar-refractivity contribution is -0.119. The van der Waals surface area contributed by atoms with Crippen LogP contribution in [0.15, 0.2) is 24.3 Å². The number of aromatic hydroxyl groups is 1. The Kier molecular flexibility index (Phi) is 4.79. The smallest absolute Gasteiger partial charge is 0.229 e. The van der Waals surface area contributed by atoms with E-state index in [1.54, 1.807) is 36.3 Å². The third-order valence-electron chi connectivity index (χ3n) is 2.28. The van der Waals surface area contributed by atoms with Crippen LogP contribution in [-0.4, -0.2) is 31.3 Å². The van der Waals surface area contributed by atoms with Gasteiger partial charge in [0.1, 0.15) is 5.75 Å². The number of carbonyl (C=O) groups is 1. The van der Waals surface area contributed by atoms with E-state index in [2.05, 4.69) is 0 Å². The summed E-state index contributed by atoms with van der Waals surface area (Å²) in [5, 5.41) is 9.35. The van der Waals surface area contributed by atoms with Gasteiger partial charge < -0.3 is 14.7 Å². The molecule has 0 fully saturated rings. The van der Waals surface area contributed by atoms with E-state index in [-0.39, 0.29) is 11.7 Å². The van der Waals surface area contributed by atoms with Crippen molar-refractivity contribution in [2.24, 2.45) is 0 Å². The number of anilines is 1. The molecule has 0 aliphatic rings. The van der Waals surface area contributed by atoms with Crippen molar-refractivity contribution in [3.8, 4) is 5.75 Å². The number of carbonyl (C=O) groups excluding carboxylic acids is 1. The lowest BCUT2D eigenvalue weighted by Gasteiger charge is -2.21. The zero-order chi connectivity index (χ0) is 12.0. The van der Waals surface area contributed by atoms with Gasteiger partial charge in [0, 0.05) is 25.4 Å². The van der Waals surface area contributed by atoms with Crippen LogP contribution in [0.25, 0.3) is 0 Å². The minimum Gasteiger partial charge on any atom is -0.508 e. The Morgan fingerprint density at radius 2 is 2.25 bits per heavy atom. The van der Waals surface area contributed by atoms with Gasteiger partial charge in [-0.25, -0.2) is 0 Å². The third kappa shape index (κ3) is 3.24. The summed E-state index contributed by atoms with van der Waals surface area (Å²) in [6.45, 7) is 2.88. The highest BCUT2D eigenvalue weighted by molar-refractivity contribution is 5.93. The lowest BCUT2D eigenvalue weighted by atomic mass is 10.2. The molecule has 0 aliphatic carbocycles. The van der Waals surface area contributed by atoms with Crippen molar-refractivity contribution >= 4 is 11.6 Å². The average molecular weight is 223 g/mol. The maximum absolute atomic E-state index is 11.8. The molecule has 1 aromatic rings. The molecule has 0 saturated carbocycles. The first-order chi connectivity index (χ1) is 7.69. The molecule has 1 N–H and O–H groups in total. The Hall–Kier alpha value is -1.55. The van der Waals surface area contributed by atoms with Crippen molar-refractivity contribution in [2.45, 2.75) is 13.3 Å². The van der Waals surface area contributed by atoms with Crippen molar-refractivity contribution < 1.29 is 14.6 Å². The van der Waals surface area contributed by atoms with Gasteiger partial charge in [-0.05, 0) is 19.1 Å². The van der Waals surface area contributed by atoms with Gasteiger partial charge >= 0.3 is 0 Å². The fourth-order valence-corrected chi connectivity index (χ4v) is 1.49. The van der Waals surface area contributed by atoms with Crippen LogP contribution in [0.2, 0.25) is 0 Å². The van der Waals surface area contributed by atoms with Crippen LogP contribution in [0.1, 0.15) is 13.3 Å². The zero-order valence-electron chi connectivity index (χ0n) is 9.64. The van der Waals surface area contributed by atoms with Gasteiger partial charge in [0.2, 0.25) is 5.91 Å². The largest absolute Gasteiger partial charge is 0.508 e. The van der Waals surface area contributed by atoms with Crippen molar-refractivity contribution in [1.29, 1.82) is 0 Å². The van der Waals surface area contributed by atoms with Crippen LogP contribution < -0.4 is 4.90 Å². The topological polar surface area (TPSA) is 49.8 Å². The third-order valence-corrected chi connectivity index (χ3v) is 2.28. The van der Waals surface area contributed by atoms with Crippen LogP contribution in [0.4, 0.5) is 5.69 Å². The highest BCUT2D eigenvalue weighted by Crippen LogP contribution is 2.20. The van der Waals surface area contributed by atoms with E-state index < -0.39 is 0 Å². The predicted octanol–water partition coefficient (Wildman–Crippen LogP) is 1.78. The van der Waals surface area contributed by atoms with Crippen LogP contribution in [-0.2, 0) is 9.53 Å². The number of hydrogen-bond acceptors (Lipinski definition) is 3. The number of phenols is 1. The molecular weight excluding hydrogens is 206 g/mol. The molecule has 0 aromatic heterocycles. The van der Waals surface area contributed by atoms with Crippen molar-refractivity contribution in [1.82, 2.24) is 0 Å².